The van der Waals surface area contributed by atoms with E-state index in [4.69, 9.17) is 9.15 Å². The van der Waals surface area contributed by atoms with Gasteiger partial charge in [-0.15, -0.1) is 0 Å². The van der Waals surface area contributed by atoms with Crippen LogP contribution in [0.1, 0.15) is 28.7 Å². The molecule has 0 bridgehead atoms. The van der Waals surface area contributed by atoms with Gasteiger partial charge in [-0.05, 0) is 38.5 Å². The van der Waals surface area contributed by atoms with Gasteiger partial charge in [-0.25, -0.2) is 14.2 Å². The molecule has 0 atom stereocenters. The molecule has 1 aromatic carbocycles. The Labute approximate surface area is 110 Å². The van der Waals surface area contributed by atoms with Gasteiger partial charge in [0.25, 0.3) is 0 Å². The molecule has 0 N–H and O–H groups in total. The lowest BCUT2D eigenvalue weighted by Gasteiger charge is -2.00. The van der Waals surface area contributed by atoms with E-state index in [1.165, 1.54) is 6.07 Å². The molecule has 0 aliphatic rings. The molecule has 100 valence electrons. The summed E-state index contributed by atoms with van der Waals surface area (Å²) >= 11 is 0. The van der Waals surface area contributed by atoms with Crippen molar-refractivity contribution in [2.45, 2.75) is 20.8 Å². The molecule has 0 aliphatic carbocycles. The number of hydrogen-bond donors (Lipinski definition) is 0. The highest BCUT2D eigenvalue weighted by atomic mass is 19.1. The van der Waals surface area contributed by atoms with Gasteiger partial charge in [-0.2, -0.15) is 0 Å². The first-order valence-electron chi connectivity index (χ1n) is 5.94. The number of rotatable bonds is 3. The van der Waals surface area contributed by atoms with Crippen LogP contribution in [-0.2, 0) is 4.74 Å². The average molecular weight is 263 g/mol. The van der Waals surface area contributed by atoms with Gasteiger partial charge in [0.15, 0.2) is 0 Å². The first kappa shape index (κ1) is 13.3. The van der Waals surface area contributed by atoms with Crippen LogP contribution in [0.4, 0.5) is 4.39 Å². The molecule has 5 heteroatoms. The largest absolute Gasteiger partial charge is 0.460 e. The monoisotopic (exact) mass is 263 g/mol. The highest BCUT2D eigenvalue weighted by molar-refractivity contribution is 5.87. The van der Waals surface area contributed by atoms with Crippen molar-refractivity contribution in [2.75, 3.05) is 6.61 Å². The third kappa shape index (κ3) is 2.65. The summed E-state index contributed by atoms with van der Waals surface area (Å²) in [6.07, 6.45) is 0. The Hall–Kier alpha value is -2.17. The first-order chi connectivity index (χ1) is 9.02. The summed E-state index contributed by atoms with van der Waals surface area (Å²) in [6, 6.07) is 4.71. The molecule has 2 rings (SSSR count). The standard InChI is InChI=1S/C14H14FNO3/c1-4-18-14(17)12-9(3)16-13(19-12)10-6-5-8(2)7-11(10)15/h5-7H,4H2,1-3H3. The number of carbonyl (C=O) groups is 1. The minimum Gasteiger partial charge on any atom is -0.460 e. The maximum Gasteiger partial charge on any atom is 0.376 e. The zero-order valence-corrected chi connectivity index (χ0v) is 11.0. The Kier molecular flexibility index (Phi) is 3.64. The van der Waals surface area contributed by atoms with Crippen molar-refractivity contribution in [3.8, 4) is 11.5 Å². The lowest BCUT2D eigenvalue weighted by Crippen LogP contribution is -2.04. The topological polar surface area (TPSA) is 52.3 Å². The van der Waals surface area contributed by atoms with Crippen LogP contribution < -0.4 is 0 Å². The fraction of sp³-hybridized carbons (Fsp3) is 0.286. The summed E-state index contributed by atoms with van der Waals surface area (Å²) in [4.78, 5) is 15.7. The zero-order chi connectivity index (χ0) is 14.0. The third-order valence-electron chi connectivity index (χ3n) is 2.61. The number of ether oxygens (including phenoxy) is 1. The van der Waals surface area contributed by atoms with Gasteiger partial charge in [0, 0.05) is 0 Å². The second kappa shape index (κ2) is 5.22. The Morgan fingerprint density at radius 2 is 2.16 bits per heavy atom. The van der Waals surface area contributed by atoms with Crippen molar-refractivity contribution in [3.05, 3.63) is 41.0 Å². The summed E-state index contributed by atoms with van der Waals surface area (Å²) in [5.74, 6) is -0.933. The van der Waals surface area contributed by atoms with Crippen molar-refractivity contribution < 1.29 is 18.3 Å². The van der Waals surface area contributed by atoms with Crippen LogP contribution in [0, 0.1) is 19.7 Å². The molecule has 0 fully saturated rings. The number of aryl methyl sites for hydroxylation is 2. The predicted octanol–water partition coefficient (Wildman–Crippen LogP) is 3.27. The van der Waals surface area contributed by atoms with Crippen molar-refractivity contribution in [3.63, 3.8) is 0 Å². The average Bonchev–Trinajstić information content (AvgIpc) is 2.71. The summed E-state index contributed by atoms with van der Waals surface area (Å²) in [5.41, 5.74) is 1.41. The minimum atomic E-state index is -0.591. The van der Waals surface area contributed by atoms with E-state index in [0.29, 0.717) is 5.69 Å². The molecular weight excluding hydrogens is 249 g/mol. The number of halogens is 1. The van der Waals surface area contributed by atoms with Gasteiger partial charge in [-0.1, -0.05) is 6.07 Å². The molecule has 0 saturated carbocycles. The Balaban J connectivity index is 2.42. The number of benzene rings is 1. The van der Waals surface area contributed by atoms with Crippen LogP contribution in [0.3, 0.4) is 0 Å². The summed E-state index contributed by atoms with van der Waals surface area (Å²) in [5, 5.41) is 0. The van der Waals surface area contributed by atoms with Crippen molar-refractivity contribution >= 4 is 5.97 Å². The smallest absolute Gasteiger partial charge is 0.376 e. The van der Waals surface area contributed by atoms with Crippen LogP contribution in [0.25, 0.3) is 11.5 Å². The number of nitrogens with zero attached hydrogens (tertiary/aromatic N) is 1. The van der Waals surface area contributed by atoms with Gasteiger partial charge in [0.05, 0.1) is 17.9 Å². The fourth-order valence-electron chi connectivity index (χ4n) is 1.69. The molecule has 19 heavy (non-hydrogen) atoms. The van der Waals surface area contributed by atoms with Gasteiger partial charge in [0.1, 0.15) is 5.82 Å². The number of aromatic nitrogens is 1. The minimum absolute atomic E-state index is 0.0109. The van der Waals surface area contributed by atoms with Crippen LogP contribution >= 0.6 is 0 Å². The number of oxazole rings is 1. The lowest BCUT2D eigenvalue weighted by molar-refractivity contribution is 0.0490. The SMILES string of the molecule is CCOC(=O)c1oc(-c2ccc(C)cc2F)nc1C. The van der Waals surface area contributed by atoms with E-state index in [-0.39, 0.29) is 23.8 Å². The number of hydrogen-bond acceptors (Lipinski definition) is 4. The third-order valence-corrected chi connectivity index (χ3v) is 2.61. The van der Waals surface area contributed by atoms with Crippen LogP contribution in [0.5, 0.6) is 0 Å². The maximum absolute atomic E-state index is 13.8. The van der Waals surface area contributed by atoms with E-state index < -0.39 is 11.8 Å². The van der Waals surface area contributed by atoms with E-state index in [1.54, 1.807) is 32.9 Å². The summed E-state index contributed by atoms with van der Waals surface area (Å²) in [6.45, 7) is 5.35. The second-order valence-electron chi connectivity index (χ2n) is 4.14. The normalized spacial score (nSPS) is 10.5. The van der Waals surface area contributed by atoms with Crippen molar-refractivity contribution in [1.82, 2.24) is 4.98 Å². The van der Waals surface area contributed by atoms with Crippen LogP contribution in [-0.4, -0.2) is 17.6 Å². The van der Waals surface area contributed by atoms with E-state index in [1.807, 2.05) is 0 Å². The first-order valence-corrected chi connectivity index (χ1v) is 5.94. The molecule has 0 unspecified atom stereocenters. The molecule has 0 aliphatic heterocycles. The van der Waals surface area contributed by atoms with Crippen molar-refractivity contribution in [2.24, 2.45) is 0 Å². The fourth-order valence-corrected chi connectivity index (χ4v) is 1.69. The molecule has 4 nitrogen and oxygen atoms in total. The molecule has 0 radical (unpaired) electrons. The quantitative estimate of drug-likeness (QED) is 0.797. The highest BCUT2D eigenvalue weighted by Gasteiger charge is 2.20. The molecule has 1 aromatic heterocycles. The van der Waals surface area contributed by atoms with Crippen LogP contribution in [0.15, 0.2) is 22.6 Å². The predicted molar refractivity (Wildman–Crippen MR) is 67.3 cm³/mol. The lowest BCUT2D eigenvalue weighted by atomic mass is 10.1. The number of carbonyl (C=O) groups excluding carboxylic acids is 1. The Morgan fingerprint density at radius 3 is 2.79 bits per heavy atom. The van der Waals surface area contributed by atoms with Gasteiger partial charge in [-0.3, -0.25) is 0 Å². The second-order valence-corrected chi connectivity index (χ2v) is 4.14. The summed E-state index contributed by atoms with van der Waals surface area (Å²) < 4.78 is 24.0. The zero-order valence-electron chi connectivity index (χ0n) is 11.0. The van der Waals surface area contributed by atoms with Crippen molar-refractivity contribution in [1.29, 1.82) is 0 Å². The molecule has 2 aromatic rings. The molecule has 0 spiro atoms. The van der Waals surface area contributed by atoms with Gasteiger partial charge in [0.2, 0.25) is 11.7 Å². The Bertz CT molecular complexity index is 619. The highest BCUT2D eigenvalue weighted by Crippen LogP contribution is 2.25. The van der Waals surface area contributed by atoms with Gasteiger partial charge >= 0.3 is 5.97 Å². The Morgan fingerprint density at radius 1 is 1.42 bits per heavy atom. The molecule has 0 amide bonds. The van der Waals surface area contributed by atoms with Gasteiger partial charge < -0.3 is 9.15 Å². The van der Waals surface area contributed by atoms with E-state index in [2.05, 4.69) is 4.98 Å². The van der Waals surface area contributed by atoms with E-state index in [9.17, 15) is 9.18 Å². The van der Waals surface area contributed by atoms with E-state index >= 15 is 0 Å². The maximum atomic E-state index is 13.8. The molecule has 0 saturated heterocycles. The summed E-state index contributed by atoms with van der Waals surface area (Å²) in [7, 11) is 0. The molecule has 1 heterocycles. The van der Waals surface area contributed by atoms with E-state index in [0.717, 1.165) is 5.56 Å². The molecular formula is C14H14FNO3. The van der Waals surface area contributed by atoms with Crippen LogP contribution in [0.2, 0.25) is 0 Å². The number of esters is 1.